The molecule has 0 aliphatic carbocycles. The molecule has 4 heteroatoms. The number of amides is 1. The molecule has 1 N–H and O–H groups in total. The van der Waals surface area contributed by atoms with Crippen LogP contribution in [0.25, 0.3) is 0 Å². The van der Waals surface area contributed by atoms with E-state index in [1.54, 1.807) is 0 Å². The van der Waals surface area contributed by atoms with Crippen LogP contribution in [0, 0.1) is 11.3 Å². The summed E-state index contributed by atoms with van der Waals surface area (Å²) in [5, 5.41) is 11.1. The van der Waals surface area contributed by atoms with Crippen LogP contribution in [0.1, 0.15) is 11.1 Å². The number of nitriles is 1. The third kappa shape index (κ3) is 4.01. The lowest BCUT2D eigenvalue weighted by molar-refractivity contribution is -0.118. The average Bonchev–Trinajstić information content (AvgIpc) is 2.28. The first kappa shape index (κ1) is 11.5. The largest absolute Gasteiger partial charge is 0.351 e. The minimum Gasteiger partial charge on any atom is -0.351 e. The fraction of sp³-hybridized carbons (Fsp3) is 0.273. The van der Waals surface area contributed by atoms with Crippen LogP contribution in [0.4, 0.5) is 0 Å². The van der Waals surface area contributed by atoms with Gasteiger partial charge in [-0.2, -0.15) is 5.26 Å². The van der Waals surface area contributed by atoms with Crippen LogP contribution in [0.3, 0.4) is 0 Å². The van der Waals surface area contributed by atoms with E-state index < -0.39 is 0 Å². The predicted octanol–water partition coefficient (Wildman–Crippen LogP) is 1.61. The molecule has 0 bridgehead atoms. The van der Waals surface area contributed by atoms with E-state index in [0.717, 1.165) is 11.1 Å². The fourth-order valence-electron chi connectivity index (χ4n) is 1.11. The van der Waals surface area contributed by atoms with Crippen LogP contribution in [-0.2, 0) is 17.8 Å². The van der Waals surface area contributed by atoms with Gasteiger partial charge in [-0.3, -0.25) is 4.79 Å². The molecule has 15 heavy (non-hydrogen) atoms. The number of halogens is 1. The summed E-state index contributed by atoms with van der Waals surface area (Å²) in [7, 11) is 0. The van der Waals surface area contributed by atoms with Crippen LogP contribution in [0.15, 0.2) is 24.3 Å². The van der Waals surface area contributed by atoms with Crippen molar-refractivity contribution in [3.8, 4) is 6.07 Å². The quantitative estimate of drug-likeness (QED) is 0.787. The molecule has 0 atom stereocenters. The van der Waals surface area contributed by atoms with Crippen molar-refractivity contribution in [1.82, 2.24) is 5.32 Å². The van der Waals surface area contributed by atoms with E-state index >= 15 is 0 Å². The van der Waals surface area contributed by atoms with E-state index in [1.807, 2.05) is 24.3 Å². The second kappa shape index (κ2) is 6.05. The summed E-state index contributed by atoms with van der Waals surface area (Å²) in [6.45, 7) is 0.471. The molecule has 78 valence electrons. The SMILES string of the molecule is N#CCc1ccc(CNC(=O)CCl)cc1. The predicted molar refractivity (Wildman–Crippen MR) is 58.3 cm³/mol. The fourth-order valence-corrected chi connectivity index (χ4v) is 1.21. The first-order valence-electron chi connectivity index (χ1n) is 4.53. The Balaban J connectivity index is 2.50. The van der Waals surface area contributed by atoms with Crippen molar-refractivity contribution >= 4 is 17.5 Å². The number of rotatable bonds is 4. The number of benzene rings is 1. The summed E-state index contributed by atoms with van der Waals surface area (Å²) in [4.78, 5) is 10.9. The van der Waals surface area contributed by atoms with Crippen LogP contribution < -0.4 is 5.32 Å². The molecular weight excluding hydrogens is 212 g/mol. The second-order valence-electron chi connectivity index (χ2n) is 3.06. The Bertz CT molecular complexity index is 367. The molecule has 3 nitrogen and oxygen atoms in total. The molecule has 0 unspecified atom stereocenters. The summed E-state index contributed by atoms with van der Waals surface area (Å²) < 4.78 is 0. The maximum atomic E-state index is 10.9. The molecular formula is C11H11ClN2O. The number of carbonyl (C=O) groups is 1. The maximum Gasteiger partial charge on any atom is 0.235 e. The molecule has 1 rings (SSSR count). The van der Waals surface area contributed by atoms with Gasteiger partial charge >= 0.3 is 0 Å². The molecule has 0 aromatic heterocycles. The van der Waals surface area contributed by atoms with Crippen molar-refractivity contribution in [3.05, 3.63) is 35.4 Å². The van der Waals surface area contributed by atoms with Gasteiger partial charge in [-0.05, 0) is 11.1 Å². The van der Waals surface area contributed by atoms with Gasteiger partial charge < -0.3 is 5.32 Å². The van der Waals surface area contributed by atoms with E-state index in [1.165, 1.54) is 0 Å². The van der Waals surface area contributed by atoms with Gasteiger partial charge in [0.05, 0.1) is 12.5 Å². The van der Waals surface area contributed by atoms with E-state index in [0.29, 0.717) is 13.0 Å². The lowest BCUT2D eigenvalue weighted by atomic mass is 10.1. The molecule has 1 amide bonds. The van der Waals surface area contributed by atoms with Gasteiger partial charge in [0.15, 0.2) is 0 Å². The molecule has 1 aromatic rings. The zero-order chi connectivity index (χ0) is 11.1. The molecule has 1 aromatic carbocycles. The van der Waals surface area contributed by atoms with Crippen molar-refractivity contribution in [2.24, 2.45) is 0 Å². The molecule has 0 aliphatic rings. The Morgan fingerprint density at radius 3 is 2.47 bits per heavy atom. The number of alkyl halides is 1. The Hall–Kier alpha value is -1.53. The number of nitrogens with zero attached hydrogens (tertiary/aromatic N) is 1. The zero-order valence-electron chi connectivity index (χ0n) is 8.16. The zero-order valence-corrected chi connectivity index (χ0v) is 8.92. The molecule has 0 heterocycles. The average molecular weight is 223 g/mol. The minimum absolute atomic E-state index is 0.0213. The van der Waals surface area contributed by atoms with Crippen molar-refractivity contribution < 1.29 is 4.79 Å². The van der Waals surface area contributed by atoms with Gasteiger partial charge in [-0.1, -0.05) is 24.3 Å². The third-order valence-electron chi connectivity index (χ3n) is 1.92. The number of nitrogens with one attached hydrogen (secondary N) is 1. The van der Waals surface area contributed by atoms with Gasteiger partial charge in [0.25, 0.3) is 0 Å². The summed E-state index contributed by atoms with van der Waals surface area (Å²) in [5.74, 6) is -0.204. The first-order valence-corrected chi connectivity index (χ1v) is 5.07. The third-order valence-corrected chi connectivity index (χ3v) is 2.16. The summed E-state index contributed by atoms with van der Waals surface area (Å²) in [6.07, 6.45) is 0.411. The number of carbonyl (C=O) groups excluding carboxylic acids is 1. The van der Waals surface area contributed by atoms with Gasteiger partial charge in [-0.15, -0.1) is 11.6 Å². The molecule has 0 fully saturated rings. The van der Waals surface area contributed by atoms with E-state index in [9.17, 15) is 4.79 Å². The van der Waals surface area contributed by atoms with Crippen LogP contribution in [-0.4, -0.2) is 11.8 Å². The summed E-state index contributed by atoms with van der Waals surface area (Å²) in [5.41, 5.74) is 1.97. The summed E-state index contributed by atoms with van der Waals surface area (Å²) >= 11 is 5.34. The molecule has 0 radical (unpaired) electrons. The van der Waals surface area contributed by atoms with Crippen LogP contribution >= 0.6 is 11.6 Å². The Morgan fingerprint density at radius 1 is 1.33 bits per heavy atom. The topological polar surface area (TPSA) is 52.9 Å². The first-order chi connectivity index (χ1) is 7.26. The van der Waals surface area contributed by atoms with Gasteiger partial charge in [-0.25, -0.2) is 0 Å². The van der Waals surface area contributed by atoms with Gasteiger partial charge in [0.1, 0.15) is 5.88 Å². The van der Waals surface area contributed by atoms with Crippen molar-refractivity contribution in [3.63, 3.8) is 0 Å². The lowest BCUT2D eigenvalue weighted by Gasteiger charge is -2.03. The van der Waals surface area contributed by atoms with Crippen LogP contribution in [0.2, 0.25) is 0 Å². The van der Waals surface area contributed by atoms with E-state index in [-0.39, 0.29) is 11.8 Å². The van der Waals surface area contributed by atoms with Crippen molar-refractivity contribution in [2.45, 2.75) is 13.0 Å². The second-order valence-corrected chi connectivity index (χ2v) is 3.33. The maximum absolute atomic E-state index is 10.9. The van der Waals surface area contributed by atoms with Crippen molar-refractivity contribution in [1.29, 1.82) is 5.26 Å². The van der Waals surface area contributed by atoms with Gasteiger partial charge in [0, 0.05) is 6.54 Å². The molecule has 0 saturated heterocycles. The standard InChI is InChI=1S/C11H11ClN2O/c12-7-11(15)14-8-10-3-1-9(2-4-10)5-6-13/h1-4H,5,7-8H2,(H,14,15). The number of hydrogen-bond acceptors (Lipinski definition) is 2. The normalized spacial score (nSPS) is 9.33. The monoisotopic (exact) mass is 222 g/mol. The highest BCUT2D eigenvalue weighted by Crippen LogP contribution is 2.04. The molecule has 0 aliphatic heterocycles. The van der Waals surface area contributed by atoms with Crippen molar-refractivity contribution in [2.75, 3.05) is 5.88 Å². The minimum atomic E-state index is -0.183. The highest BCUT2D eigenvalue weighted by molar-refractivity contribution is 6.27. The Labute approximate surface area is 93.7 Å². The molecule has 0 saturated carbocycles. The Morgan fingerprint density at radius 2 is 1.93 bits per heavy atom. The number of hydrogen-bond donors (Lipinski definition) is 1. The van der Waals surface area contributed by atoms with E-state index in [4.69, 9.17) is 16.9 Å². The lowest BCUT2D eigenvalue weighted by Crippen LogP contribution is -2.23. The van der Waals surface area contributed by atoms with Gasteiger partial charge in [0.2, 0.25) is 5.91 Å². The smallest absolute Gasteiger partial charge is 0.235 e. The van der Waals surface area contributed by atoms with E-state index in [2.05, 4.69) is 11.4 Å². The highest BCUT2D eigenvalue weighted by atomic mass is 35.5. The molecule has 0 spiro atoms. The highest BCUT2D eigenvalue weighted by Gasteiger charge is 1.98. The van der Waals surface area contributed by atoms with Crippen LogP contribution in [0.5, 0.6) is 0 Å². The summed E-state index contributed by atoms with van der Waals surface area (Å²) in [6, 6.07) is 9.62. The Kier molecular flexibility index (Phi) is 4.65.